The fraction of sp³-hybridized carbons (Fsp3) is 0.500. The van der Waals surface area contributed by atoms with Crippen molar-refractivity contribution in [1.82, 2.24) is 10.2 Å². The molecule has 1 aromatic rings. The third-order valence-corrected chi connectivity index (χ3v) is 3.47. The Bertz CT molecular complexity index is 530. The highest BCUT2D eigenvalue weighted by atomic mass is 19.1. The highest BCUT2D eigenvalue weighted by Crippen LogP contribution is 2.16. The Labute approximate surface area is 122 Å². The Hall–Kier alpha value is -2.02. The molecule has 1 saturated heterocycles. The minimum Gasteiger partial charge on any atom is -0.342 e. The summed E-state index contributed by atoms with van der Waals surface area (Å²) in [5, 5.41) is 13.6. The molecule has 2 rings (SSSR count). The summed E-state index contributed by atoms with van der Waals surface area (Å²) >= 11 is 0. The van der Waals surface area contributed by atoms with Gasteiger partial charge in [-0.3, -0.25) is 14.9 Å². The summed E-state index contributed by atoms with van der Waals surface area (Å²) in [6.07, 6.45) is 3.22. The summed E-state index contributed by atoms with van der Waals surface area (Å²) in [6.45, 7) is 1.94. The number of amides is 1. The molecule has 7 heteroatoms. The van der Waals surface area contributed by atoms with Crippen LogP contribution in [0.5, 0.6) is 0 Å². The molecule has 1 fully saturated rings. The Morgan fingerprint density at radius 2 is 2.00 bits per heavy atom. The molecule has 1 aliphatic rings. The zero-order chi connectivity index (χ0) is 15.2. The Morgan fingerprint density at radius 1 is 1.29 bits per heavy atom. The van der Waals surface area contributed by atoms with E-state index >= 15 is 0 Å². The molecule has 1 N–H and O–H groups in total. The van der Waals surface area contributed by atoms with Crippen molar-refractivity contribution >= 4 is 11.6 Å². The van der Waals surface area contributed by atoms with Crippen LogP contribution in [0.1, 0.15) is 24.8 Å². The average molecular weight is 295 g/mol. The van der Waals surface area contributed by atoms with Gasteiger partial charge in [0.2, 0.25) is 5.91 Å². The number of halogens is 1. The van der Waals surface area contributed by atoms with E-state index in [4.69, 9.17) is 0 Å². The number of non-ortho nitro benzene ring substituents is 1. The molecule has 0 unspecified atom stereocenters. The molecule has 0 aliphatic carbocycles. The molecule has 0 aromatic heterocycles. The van der Waals surface area contributed by atoms with E-state index in [9.17, 15) is 19.3 Å². The fourth-order valence-corrected chi connectivity index (χ4v) is 2.41. The predicted molar refractivity (Wildman–Crippen MR) is 75.2 cm³/mol. The first-order valence-electron chi connectivity index (χ1n) is 6.98. The van der Waals surface area contributed by atoms with Gasteiger partial charge in [0.1, 0.15) is 5.82 Å². The number of carbonyl (C=O) groups is 1. The monoisotopic (exact) mass is 295 g/mol. The molecule has 0 radical (unpaired) electrons. The number of hydrogen-bond donors (Lipinski definition) is 1. The maximum absolute atomic E-state index is 13.3. The van der Waals surface area contributed by atoms with Gasteiger partial charge in [-0.2, -0.15) is 0 Å². The van der Waals surface area contributed by atoms with Crippen LogP contribution in [0.15, 0.2) is 18.2 Å². The van der Waals surface area contributed by atoms with Crippen LogP contribution in [0, 0.1) is 15.9 Å². The van der Waals surface area contributed by atoms with Gasteiger partial charge >= 0.3 is 0 Å². The molecule has 0 saturated carbocycles. The quantitative estimate of drug-likeness (QED) is 0.664. The lowest BCUT2D eigenvalue weighted by Crippen LogP contribution is -2.40. The lowest BCUT2D eigenvalue weighted by molar-refractivity contribution is -0.385. The molecule has 0 bridgehead atoms. The van der Waals surface area contributed by atoms with Crippen LogP contribution in [0.3, 0.4) is 0 Å². The molecular weight excluding hydrogens is 277 g/mol. The lowest BCUT2D eigenvalue weighted by Gasteiger charge is -2.26. The first-order valence-corrected chi connectivity index (χ1v) is 6.98. The third kappa shape index (κ3) is 4.49. The summed E-state index contributed by atoms with van der Waals surface area (Å²) < 4.78 is 13.3. The number of piperidine rings is 1. The average Bonchev–Trinajstić information content (AvgIpc) is 2.47. The minimum atomic E-state index is -0.650. The van der Waals surface area contributed by atoms with E-state index in [1.807, 2.05) is 4.90 Å². The van der Waals surface area contributed by atoms with Gasteiger partial charge in [0.15, 0.2) is 0 Å². The Balaban J connectivity index is 1.85. The van der Waals surface area contributed by atoms with Gasteiger partial charge in [0.05, 0.1) is 17.5 Å². The van der Waals surface area contributed by atoms with Crippen LogP contribution >= 0.6 is 0 Å². The fourth-order valence-electron chi connectivity index (χ4n) is 2.41. The second-order valence-electron chi connectivity index (χ2n) is 5.12. The van der Waals surface area contributed by atoms with Crippen molar-refractivity contribution in [3.63, 3.8) is 0 Å². The number of nitrogens with zero attached hydrogens (tertiary/aromatic N) is 2. The van der Waals surface area contributed by atoms with E-state index in [-0.39, 0.29) is 24.7 Å². The van der Waals surface area contributed by atoms with Crippen LogP contribution in [-0.2, 0) is 11.3 Å². The molecule has 1 amide bonds. The number of likely N-dealkylation sites (tertiary alicyclic amines) is 1. The molecule has 1 aromatic carbocycles. The molecule has 1 heterocycles. The van der Waals surface area contributed by atoms with E-state index < -0.39 is 10.7 Å². The molecule has 114 valence electrons. The zero-order valence-electron chi connectivity index (χ0n) is 11.7. The van der Waals surface area contributed by atoms with Gasteiger partial charge in [-0.05, 0) is 30.9 Å². The Kier molecular flexibility index (Phi) is 5.21. The molecule has 0 atom stereocenters. The second-order valence-corrected chi connectivity index (χ2v) is 5.12. The van der Waals surface area contributed by atoms with Crippen LogP contribution in [-0.4, -0.2) is 35.4 Å². The molecule has 1 aliphatic heterocycles. The van der Waals surface area contributed by atoms with Crippen molar-refractivity contribution in [1.29, 1.82) is 0 Å². The van der Waals surface area contributed by atoms with Gasteiger partial charge in [-0.25, -0.2) is 4.39 Å². The zero-order valence-corrected chi connectivity index (χ0v) is 11.7. The van der Waals surface area contributed by atoms with Crippen molar-refractivity contribution in [2.45, 2.75) is 25.8 Å². The van der Waals surface area contributed by atoms with E-state index in [2.05, 4.69) is 5.32 Å². The van der Waals surface area contributed by atoms with Crippen molar-refractivity contribution < 1.29 is 14.1 Å². The number of nitrogens with one attached hydrogen (secondary N) is 1. The molecule has 0 spiro atoms. The van der Waals surface area contributed by atoms with Gasteiger partial charge < -0.3 is 10.2 Å². The van der Waals surface area contributed by atoms with E-state index in [0.29, 0.717) is 5.56 Å². The minimum absolute atomic E-state index is 0.0144. The normalized spacial score (nSPS) is 15.0. The number of benzene rings is 1. The SMILES string of the molecule is O=C(CNCc1cc(F)cc([N+](=O)[O-])c1)N1CCCCC1. The molecule has 6 nitrogen and oxygen atoms in total. The lowest BCUT2D eigenvalue weighted by atomic mass is 10.1. The van der Waals surface area contributed by atoms with Gasteiger partial charge in [-0.1, -0.05) is 0 Å². The van der Waals surface area contributed by atoms with Crippen molar-refractivity contribution in [2.24, 2.45) is 0 Å². The van der Waals surface area contributed by atoms with Crippen molar-refractivity contribution in [3.8, 4) is 0 Å². The summed E-state index contributed by atoms with van der Waals surface area (Å²) in [5.74, 6) is -0.635. The summed E-state index contributed by atoms with van der Waals surface area (Å²) in [6, 6.07) is 3.41. The number of rotatable bonds is 5. The van der Waals surface area contributed by atoms with Crippen LogP contribution < -0.4 is 5.32 Å². The van der Waals surface area contributed by atoms with E-state index in [0.717, 1.165) is 38.4 Å². The second kappa shape index (κ2) is 7.12. The van der Waals surface area contributed by atoms with Gasteiger partial charge in [0.25, 0.3) is 5.69 Å². The summed E-state index contributed by atoms with van der Waals surface area (Å²) in [5.41, 5.74) is 0.169. The standard InChI is InChI=1S/C14H18FN3O3/c15-12-6-11(7-13(8-12)18(20)21)9-16-10-14(19)17-4-2-1-3-5-17/h6-8,16H,1-5,9-10H2. The highest BCUT2D eigenvalue weighted by molar-refractivity contribution is 5.78. The van der Waals surface area contributed by atoms with E-state index in [1.54, 1.807) is 0 Å². The largest absolute Gasteiger partial charge is 0.342 e. The first kappa shape index (κ1) is 15.4. The van der Waals surface area contributed by atoms with Crippen LogP contribution in [0.25, 0.3) is 0 Å². The highest BCUT2D eigenvalue weighted by Gasteiger charge is 2.16. The van der Waals surface area contributed by atoms with Crippen molar-refractivity contribution in [3.05, 3.63) is 39.7 Å². The van der Waals surface area contributed by atoms with Crippen LogP contribution in [0.2, 0.25) is 0 Å². The molecule has 21 heavy (non-hydrogen) atoms. The topological polar surface area (TPSA) is 75.5 Å². The van der Waals surface area contributed by atoms with Gasteiger partial charge in [0, 0.05) is 25.7 Å². The number of hydrogen-bond acceptors (Lipinski definition) is 4. The Morgan fingerprint density at radius 3 is 2.67 bits per heavy atom. The summed E-state index contributed by atoms with van der Waals surface area (Å²) in [7, 11) is 0. The first-order chi connectivity index (χ1) is 10.1. The predicted octanol–water partition coefficient (Wildman–Crippen LogP) is 1.84. The number of carbonyl (C=O) groups excluding carboxylic acids is 1. The van der Waals surface area contributed by atoms with Crippen LogP contribution in [0.4, 0.5) is 10.1 Å². The maximum Gasteiger partial charge on any atom is 0.272 e. The maximum atomic E-state index is 13.3. The third-order valence-electron chi connectivity index (χ3n) is 3.47. The number of nitro groups is 1. The van der Waals surface area contributed by atoms with Gasteiger partial charge in [-0.15, -0.1) is 0 Å². The van der Waals surface area contributed by atoms with E-state index in [1.165, 1.54) is 12.1 Å². The summed E-state index contributed by atoms with van der Waals surface area (Å²) in [4.78, 5) is 23.7. The number of nitro benzene ring substituents is 1. The van der Waals surface area contributed by atoms with Crippen molar-refractivity contribution in [2.75, 3.05) is 19.6 Å². The smallest absolute Gasteiger partial charge is 0.272 e. The molecular formula is C14H18FN3O3.